The SMILES string of the molecule is Cc1ccc([C@@H](C)NC(=O)c2ccc(CN3CCCC3=O)cc2)cc1C. The first-order chi connectivity index (χ1) is 12.4. The minimum Gasteiger partial charge on any atom is -0.346 e. The molecule has 4 nitrogen and oxygen atoms in total. The Balaban J connectivity index is 1.62. The average Bonchev–Trinajstić information content (AvgIpc) is 3.02. The Morgan fingerprint density at radius 2 is 1.85 bits per heavy atom. The molecule has 0 bridgehead atoms. The van der Waals surface area contributed by atoms with E-state index in [-0.39, 0.29) is 17.9 Å². The highest BCUT2D eigenvalue weighted by Gasteiger charge is 2.20. The summed E-state index contributed by atoms with van der Waals surface area (Å²) in [6.45, 7) is 7.61. The molecule has 1 aliphatic rings. The van der Waals surface area contributed by atoms with Crippen LogP contribution in [0.4, 0.5) is 0 Å². The van der Waals surface area contributed by atoms with Gasteiger partial charge in [-0.2, -0.15) is 0 Å². The topological polar surface area (TPSA) is 49.4 Å². The van der Waals surface area contributed by atoms with Gasteiger partial charge in [0.15, 0.2) is 0 Å². The molecule has 0 unspecified atom stereocenters. The first kappa shape index (κ1) is 18.2. The lowest BCUT2D eigenvalue weighted by Gasteiger charge is -2.17. The predicted molar refractivity (Wildman–Crippen MR) is 103 cm³/mol. The van der Waals surface area contributed by atoms with Crippen molar-refractivity contribution >= 4 is 11.8 Å². The number of benzene rings is 2. The van der Waals surface area contributed by atoms with Gasteiger partial charge in [0.05, 0.1) is 6.04 Å². The third-order valence-corrected chi connectivity index (χ3v) is 5.14. The number of hydrogen-bond donors (Lipinski definition) is 1. The Morgan fingerprint density at radius 1 is 1.12 bits per heavy atom. The molecule has 0 aliphatic carbocycles. The van der Waals surface area contributed by atoms with Crippen LogP contribution in [0.15, 0.2) is 42.5 Å². The first-order valence-electron chi connectivity index (χ1n) is 9.19. The summed E-state index contributed by atoms with van der Waals surface area (Å²) in [6, 6.07) is 13.7. The van der Waals surface area contributed by atoms with E-state index in [0.717, 1.165) is 24.1 Å². The van der Waals surface area contributed by atoms with Gasteiger partial charge in [-0.15, -0.1) is 0 Å². The molecular formula is C22H26N2O2. The second-order valence-electron chi connectivity index (χ2n) is 7.15. The monoisotopic (exact) mass is 350 g/mol. The molecule has 0 aromatic heterocycles. The highest BCUT2D eigenvalue weighted by Crippen LogP contribution is 2.18. The van der Waals surface area contributed by atoms with Crippen molar-refractivity contribution in [3.8, 4) is 0 Å². The maximum atomic E-state index is 12.5. The second-order valence-corrected chi connectivity index (χ2v) is 7.15. The Bertz CT molecular complexity index is 811. The summed E-state index contributed by atoms with van der Waals surface area (Å²) >= 11 is 0. The number of likely N-dealkylation sites (tertiary alicyclic amines) is 1. The second kappa shape index (κ2) is 7.73. The lowest BCUT2D eigenvalue weighted by molar-refractivity contribution is -0.128. The largest absolute Gasteiger partial charge is 0.346 e. The number of nitrogens with one attached hydrogen (secondary N) is 1. The van der Waals surface area contributed by atoms with E-state index >= 15 is 0 Å². The Hall–Kier alpha value is -2.62. The fourth-order valence-electron chi connectivity index (χ4n) is 3.25. The summed E-state index contributed by atoms with van der Waals surface area (Å²) in [6.07, 6.45) is 1.59. The summed E-state index contributed by atoms with van der Waals surface area (Å²) in [4.78, 5) is 26.1. The molecule has 1 N–H and O–H groups in total. The zero-order chi connectivity index (χ0) is 18.7. The van der Waals surface area contributed by atoms with Crippen LogP contribution in [-0.2, 0) is 11.3 Å². The molecule has 0 saturated carbocycles. The highest BCUT2D eigenvalue weighted by molar-refractivity contribution is 5.94. The van der Waals surface area contributed by atoms with Crippen molar-refractivity contribution in [2.24, 2.45) is 0 Å². The van der Waals surface area contributed by atoms with Crippen molar-refractivity contribution in [2.45, 2.75) is 46.2 Å². The van der Waals surface area contributed by atoms with Crippen molar-refractivity contribution < 1.29 is 9.59 Å². The summed E-state index contributed by atoms with van der Waals surface area (Å²) in [7, 11) is 0. The molecule has 0 spiro atoms. The number of hydrogen-bond acceptors (Lipinski definition) is 2. The van der Waals surface area contributed by atoms with Crippen molar-refractivity contribution in [2.75, 3.05) is 6.54 Å². The summed E-state index contributed by atoms with van der Waals surface area (Å²) < 4.78 is 0. The molecule has 2 amide bonds. The molecule has 26 heavy (non-hydrogen) atoms. The van der Waals surface area contributed by atoms with Crippen molar-refractivity contribution in [3.63, 3.8) is 0 Å². The molecule has 2 aromatic carbocycles. The van der Waals surface area contributed by atoms with Crippen LogP contribution in [0.5, 0.6) is 0 Å². The fraction of sp³-hybridized carbons (Fsp3) is 0.364. The zero-order valence-corrected chi connectivity index (χ0v) is 15.7. The van der Waals surface area contributed by atoms with E-state index in [1.54, 1.807) is 0 Å². The Kier molecular flexibility index (Phi) is 5.40. The molecule has 1 saturated heterocycles. The summed E-state index contributed by atoms with van der Waals surface area (Å²) in [5, 5.41) is 3.06. The van der Waals surface area contributed by atoms with E-state index in [4.69, 9.17) is 0 Å². The van der Waals surface area contributed by atoms with Gasteiger partial charge in [0.1, 0.15) is 0 Å². The number of aryl methyl sites for hydroxylation is 2. The van der Waals surface area contributed by atoms with Crippen LogP contribution in [-0.4, -0.2) is 23.3 Å². The minimum atomic E-state index is -0.0838. The van der Waals surface area contributed by atoms with Gasteiger partial charge in [0.2, 0.25) is 5.91 Å². The van der Waals surface area contributed by atoms with Gasteiger partial charge in [0.25, 0.3) is 5.91 Å². The first-order valence-corrected chi connectivity index (χ1v) is 9.19. The standard InChI is InChI=1S/C22H26N2O2/c1-15-6-9-20(13-16(15)2)17(3)23-22(26)19-10-7-18(8-11-19)14-24-12-4-5-21(24)25/h6-11,13,17H,4-5,12,14H2,1-3H3,(H,23,26)/t17-/m1/s1. The maximum absolute atomic E-state index is 12.5. The fourth-order valence-corrected chi connectivity index (χ4v) is 3.25. The van der Waals surface area contributed by atoms with Gasteiger partial charge in [-0.1, -0.05) is 30.3 Å². The predicted octanol–water partition coefficient (Wildman–Crippen LogP) is 3.92. The number of amides is 2. The lowest BCUT2D eigenvalue weighted by Crippen LogP contribution is -2.27. The van der Waals surface area contributed by atoms with Gasteiger partial charge in [0, 0.05) is 25.1 Å². The quantitative estimate of drug-likeness (QED) is 0.888. The maximum Gasteiger partial charge on any atom is 0.251 e. The Morgan fingerprint density at radius 3 is 2.46 bits per heavy atom. The van der Waals surface area contributed by atoms with Gasteiger partial charge in [-0.25, -0.2) is 0 Å². The number of nitrogens with zero attached hydrogens (tertiary/aromatic N) is 1. The van der Waals surface area contributed by atoms with Crippen LogP contribution in [0.25, 0.3) is 0 Å². The van der Waals surface area contributed by atoms with E-state index < -0.39 is 0 Å². The highest BCUT2D eigenvalue weighted by atomic mass is 16.2. The molecule has 2 aromatic rings. The molecular weight excluding hydrogens is 324 g/mol. The van der Waals surface area contributed by atoms with E-state index in [2.05, 4.69) is 37.4 Å². The minimum absolute atomic E-state index is 0.0521. The van der Waals surface area contributed by atoms with E-state index in [9.17, 15) is 9.59 Å². The van der Waals surface area contributed by atoms with Crippen LogP contribution < -0.4 is 5.32 Å². The van der Waals surface area contributed by atoms with Gasteiger partial charge in [-0.3, -0.25) is 9.59 Å². The average molecular weight is 350 g/mol. The molecule has 1 aliphatic heterocycles. The van der Waals surface area contributed by atoms with E-state index in [1.165, 1.54) is 11.1 Å². The van der Waals surface area contributed by atoms with Crippen molar-refractivity contribution in [3.05, 3.63) is 70.3 Å². The van der Waals surface area contributed by atoms with Crippen molar-refractivity contribution in [1.82, 2.24) is 10.2 Å². The molecule has 4 heteroatoms. The Labute approximate surface area is 155 Å². The number of rotatable bonds is 5. The number of carbonyl (C=O) groups is 2. The van der Waals surface area contributed by atoms with Crippen LogP contribution >= 0.6 is 0 Å². The van der Waals surface area contributed by atoms with Crippen LogP contribution in [0.1, 0.15) is 58.4 Å². The molecule has 0 radical (unpaired) electrons. The van der Waals surface area contributed by atoms with Crippen LogP contribution in [0, 0.1) is 13.8 Å². The normalized spacial score (nSPS) is 15.2. The van der Waals surface area contributed by atoms with E-state index in [1.807, 2.05) is 36.1 Å². The molecule has 136 valence electrons. The number of carbonyl (C=O) groups excluding carboxylic acids is 2. The van der Waals surface area contributed by atoms with Gasteiger partial charge < -0.3 is 10.2 Å². The van der Waals surface area contributed by atoms with Crippen LogP contribution in [0.2, 0.25) is 0 Å². The molecule has 1 heterocycles. The van der Waals surface area contributed by atoms with Crippen molar-refractivity contribution in [1.29, 1.82) is 0 Å². The van der Waals surface area contributed by atoms with E-state index in [0.29, 0.717) is 18.5 Å². The summed E-state index contributed by atoms with van der Waals surface area (Å²) in [5.41, 5.74) is 5.27. The molecule has 1 fully saturated rings. The van der Waals surface area contributed by atoms with Gasteiger partial charge in [-0.05, 0) is 61.6 Å². The lowest BCUT2D eigenvalue weighted by atomic mass is 10.0. The summed E-state index contributed by atoms with van der Waals surface area (Å²) in [5.74, 6) is 0.133. The van der Waals surface area contributed by atoms with Crippen LogP contribution in [0.3, 0.4) is 0 Å². The molecule has 1 atom stereocenters. The van der Waals surface area contributed by atoms with Gasteiger partial charge >= 0.3 is 0 Å². The molecule has 3 rings (SSSR count). The smallest absolute Gasteiger partial charge is 0.251 e. The third-order valence-electron chi connectivity index (χ3n) is 5.14. The third kappa shape index (κ3) is 4.13. The zero-order valence-electron chi connectivity index (χ0n) is 15.7.